The highest BCUT2D eigenvalue weighted by molar-refractivity contribution is 5.76. The van der Waals surface area contributed by atoms with Crippen molar-refractivity contribution in [2.45, 2.75) is 288 Å². The molecule has 1 heterocycles. The summed E-state index contributed by atoms with van der Waals surface area (Å²) in [6.45, 7) is 3.74. The Balaban J connectivity index is 2.12. The van der Waals surface area contributed by atoms with Crippen molar-refractivity contribution >= 4 is 5.91 Å². The highest BCUT2D eigenvalue weighted by atomic mass is 16.7. The fourth-order valence-corrected chi connectivity index (χ4v) is 8.28. The molecule has 0 aromatic carbocycles. The van der Waals surface area contributed by atoms with Crippen LogP contribution in [0.1, 0.15) is 245 Å². The summed E-state index contributed by atoms with van der Waals surface area (Å²) in [5.41, 5.74) is 0. The summed E-state index contributed by atoms with van der Waals surface area (Å²) in [5.74, 6) is -0.181. The summed E-state index contributed by atoms with van der Waals surface area (Å²) in [5, 5.41) is 54.0. The summed E-state index contributed by atoms with van der Waals surface area (Å²) in [6, 6.07) is -0.797. The number of hydrogen-bond donors (Lipinski definition) is 6. The molecule has 0 aliphatic carbocycles. The zero-order chi connectivity index (χ0) is 43.0. The lowest BCUT2D eigenvalue weighted by Crippen LogP contribution is -2.60. The predicted octanol–water partition coefficient (Wildman–Crippen LogP) is 11.3. The molecule has 1 fully saturated rings. The van der Waals surface area contributed by atoms with E-state index in [1.54, 1.807) is 6.08 Å². The van der Waals surface area contributed by atoms with Crippen LogP contribution in [0.2, 0.25) is 0 Å². The predicted molar refractivity (Wildman–Crippen MR) is 244 cm³/mol. The molecule has 0 bridgehead atoms. The lowest BCUT2D eigenvalue weighted by molar-refractivity contribution is -0.302. The van der Waals surface area contributed by atoms with Crippen LogP contribution in [0.4, 0.5) is 0 Å². The third-order valence-corrected chi connectivity index (χ3v) is 12.4. The molecule has 1 rings (SSSR count). The van der Waals surface area contributed by atoms with Gasteiger partial charge < -0.3 is 40.3 Å². The molecule has 0 spiro atoms. The van der Waals surface area contributed by atoms with Gasteiger partial charge in [0.05, 0.1) is 25.4 Å². The lowest BCUT2D eigenvalue weighted by Gasteiger charge is -2.40. The van der Waals surface area contributed by atoms with Gasteiger partial charge >= 0.3 is 0 Å². The van der Waals surface area contributed by atoms with E-state index in [2.05, 4.69) is 19.2 Å². The lowest BCUT2D eigenvalue weighted by atomic mass is 9.99. The average Bonchev–Trinajstić information content (AvgIpc) is 3.23. The molecule has 9 nitrogen and oxygen atoms in total. The summed E-state index contributed by atoms with van der Waals surface area (Å²) in [6.07, 6.45) is 41.7. The van der Waals surface area contributed by atoms with Gasteiger partial charge in [0.2, 0.25) is 5.91 Å². The first-order valence-electron chi connectivity index (χ1n) is 25.4. The standard InChI is InChI=1S/C50H97NO8/c1-3-5-7-9-11-12-13-14-15-16-17-18-19-20-21-22-23-24-25-26-27-28-29-30-31-32-34-35-37-39-44(53)43(51-46(54)40-38-36-33-10-8-6-4-2)42-58-50-49(57)48(56)47(55)45(41-52)59-50/h37,39,43-45,47-50,52-53,55-57H,3-36,38,40-42H2,1-2H3,(H,51,54)/b39-37+. The van der Waals surface area contributed by atoms with Crippen molar-refractivity contribution in [3.8, 4) is 0 Å². The second-order valence-electron chi connectivity index (χ2n) is 18.0. The van der Waals surface area contributed by atoms with Gasteiger partial charge in [-0.3, -0.25) is 4.79 Å². The van der Waals surface area contributed by atoms with Gasteiger partial charge in [-0.2, -0.15) is 0 Å². The highest BCUT2D eigenvalue weighted by Crippen LogP contribution is 2.23. The largest absolute Gasteiger partial charge is 0.394 e. The summed E-state index contributed by atoms with van der Waals surface area (Å²) >= 11 is 0. The number of aliphatic hydroxyl groups is 5. The van der Waals surface area contributed by atoms with Crippen LogP contribution in [0.5, 0.6) is 0 Å². The second-order valence-corrected chi connectivity index (χ2v) is 18.0. The maximum absolute atomic E-state index is 12.8. The molecular weight excluding hydrogens is 743 g/mol. The number of rotatable bonds is 43. The third-order valence-electron chi connectivity index (χ3n) is 12.4. The summed E-state index contributed by atoms with van der Waals surface area (Å²) < 4.78 is 11.2. The van der Waals surface area contributed by atoms with E-state index in [0.29, 0.717) is 6.42 Å². The van der Waals surface area contributed by atoms with Crippen LogP contribution in [0, 0.1) is 0 Å². The molecule has 59 heavy (non-hydrogen) atoms. The molecular formula is C50H97NO8. The fourth-order valence-electron chi connectivity index (χ4n) is 8.28. The molecule has 350 valence electrons. The van der Waals surface area contributed by atoms with Crippen LogP contribution in [0.15, 0.2) is 12.2 Å². The van der Waals surface area contributed by atoms with Crippen LogP contribution in [-0.4, -0.2) is 87.5 Å². The van der Waals surface area contributed by atoms with E-state index >= 15 is 0 Å². The van der Waals surface area contributed by atoms with E-state index in [9.17, 15) is 30.3 Å². The van der Waals surface area contributed by atoms with Gasteiger partial charge in [-0.1, -0.05) is 231 Å². The minimum atomic E-state index is -1.56. The van der Waals surface area contributed by atoms with Gasteiger partial charge in [0.15, 0.2) is 6.29 Å². The van der Waals surface area contributed by atoms with E-state index in [1.807, 2.05) is 6.08 Å². The van der Waals surface area contributed by atoms with Crippen molar-refractivity contribution in [1.29, 1.82) is 0 Å². The zero-order valence-corrected chi connectivity index (χ0v) is 38.5. The number of allylic oxidation sites excluding steroid dienone is 1. The van der Waals surface area contributed by atoms with Gasteiger partial charge in [-0.25, -0.2) is 0 Å². The minimum Gasteiger partial charge on any atom is -0.394 e. The second kappa shape index (κ2) is 41.0. The Morgan fingerprint density at radius 1 is 0.559 bits per heavy atom. The van der Waals surface area contributed by atoms with E-state index in [1.165, 1.54) is 186 Å². The maximum atomic E-state index is 12.8. The number of nitrogens with one attached hydrogen (secondary N) is 1. The topological polar surface area (TPSA) is 149 Å². The zero-order valence-electron chi connectivity index (χ0n) is 38.5. The van der Waals surface area contributed by atoms with E-state index in [4.69, 9.17) is 9.47 Å². The molecule has 1 aliphatic heterocycles. The molecule has 0 saturated carbocycles. The Morgan fingerprint density at radius 2 is 0.932 bits per heavy atom. The first-order valence-corrected chi connectivity index (χ1v) is 25.4. The van der Waals surface area contributed by atoms with Crippen LogP contribution in [0.25, 0.3) is 0 Å². The molecule has 9 heteroatoms. The normalized spacial score (nSPS) is 20.7. The molecule has 1 saturated heterocycles. The summed E-state index contributed by atoms with van der Waals surface area (Å²) in [4.78, 5) is 12.8. The minimum absolute atomic E-state index is 0.181. The van der Waals surface area contributed by atoms with E-state index in [0.717, 1.165) is 38.5 Å². The van der Waals surface area contributed by atoms with Crippen molar-refractivity contribution in [2.24, 2.45) is 0 Å². The Morgan fingerprint density at radius 3 is 1.32 bits per heavy atom. The van der Waals surface area contributed by atoms with Gasteiger partial charge in [0.25, 0.3) is 0 Å². The van der Waals surface area contributed by atoms with Crippen molar-refractivity contribution in [2.75, 3.05) is 13.2 Å². The number of amides is 1. The Hall–Kier alpha value is -1.07. The SMILES string of the molecule is CCCCCCCCCCCCCCCCCCCCCCCCCCCCC/C=C/C(O)C(COC1OC(CO)C(O)C(O)C1O)NC(=O)CCCCCCCCC. The van der Waals surface area contributed by atoms with Gasteiger partial charge in [-0.15, -0.1) is 0 Å². The Kier molecular flexibility index (Phi) is 38.9. The number of carbonyl (C=O) groups is 1. The van der Waals surface area contributed by atoms with Crippen LogP contribution in [0.3, 0.4) is 0 Å². The van der Waals surface area contributed by atoms with E-state index in [-0.39, 0.29) is 12.5 Å². The third kappa shape index (κ3) is 31.4. The molecule has 1 aliphatic rings. The quantitative estimate of drug-likeness (QED) is 0.0263. The smallest absolute Gasteiger partial charge is 0.220 e. The number of aliphatic hydroxyl groups excluding tert-OH is 5. The van der Waals surface area contributed by atoms with Crippen molar-refractivity contribution in [3.05, 3.63) is 12.2 Å². The monoisotopic (exact) mass is 840 g/mol. The molecule has 7 atom stereocenters. The molecule has 7 unspecified atom stereocenters. The van der Waals surface area contributed by atoms with Crippen LogP contribution < -0.4 is 5.32 Å². The van der Waals surface area contributed by atoms with Gasteiger partial charge in [0.1, 0.15) is 24.4 Å². The molecule has 1 amide bonds. The van der Waals surface area contributed by atoms with Crippen LogP contribution in [-0.2, 0) is 14.3 Å². The maximum Gasteiger partial charge on any atom is 0.220 e. The van der Waals surface area contributed by atoms with E-state index < -0.39 is 49.5 Å². The first kappa shape index (κ1) is 55.9. The van der Waals surface area contributed by atoms with Gasteiger partial charge in [0, 0.05) is 6.42 Å². The highest BCUT2D eigenvalue weighted by Gasteiger charge is 2.44. The number of carbonyl (C=O) groups excluding carboxylic acids is 1. The van der Waals surface area contributed by atoms with Crippen molar-refractivity contribution in [3.63, 3.8) is 0 Å². The number of hydrogen-bond acceptors (Lipinski definition) is 8. The van der Waals surface area contributed by atoms with Crippen molar-refractivity contribution in [1.82, 2.24) is 5.32 Å². The number of unbranched alkanes of at least 4 members (excludes halogenated alkanes) is 33. The first-order chi connectivity index (χ1) is 28.8. The molecule has 0 aromatic rings. The van der Waals surface area contributed by atoms with Gasteiger partial charge in [-0.05, 0) is 19.3 Å². The number of ether oxygens (including phenoxy) is 2. The molecule has 0 radical (unpaired) electrons. The summed E-state index contributed by atoms with van der Waals surface area (Å²) in [7, 11) is 0. The Labute approximate surface area is 363 Å². The average molecular weight is 840 g/mol. The Bertz CT molecular complexity index is 935. The molecule has 0 aromatic heterocycles. The molecule has 6 N–H and O–H groups in total. The van der Waals surface area contributed by atoms with Crippen LogP contribution >= 0.6 is 0 Å². The van der Waals surface area contributed by atoms with Crippen molar-refractivity contribution < 1.29 is 39.8 Å². The fraction of sp³-hybridized carbons (Fsp3) is 0.940.